The summed E-state index contributed by atoms with van der Waals surface area (Å²) in [6, 6.07) is 13.4. The van der Waals surface area contributed by atoms with Crippen molar-refractivity contribution in [1.82, 2.24) is 5.16 Å². The largest absolute Gasteiger partial charge is 0.482 e. The number of ether oxygens (including phenoxy) is 1. The van der Waals surface area contributed by atoms with Crippen molar-refractivity contribution in [3.8, 4) is 17.0 Å². The number of anilines is 2. The smallest absolute Gasteiger partial charge is 0.262 e. The topological polar surface area (TPSA) is 76.4 Å². The van der Waals surface area contributed by atoms with E-state index in [1.807, 2.05) is 37.3 Å². The van der Waals surface area contributed by atoms with Gasteiger partial charge in [0.2, 0.25) is 0 Å². The maximum absolute atomic E-state index is 11.4. The Morgan fingerprint density at radius 3 is 2.85 bits per heavy atom. The Bertz CT molecular complexity index is 967. The van der Waals surface area contributed by atoms with Gasteiger partial charge in [-0.25, -0.2) is 0 Å². The van der Waals surface area contributed by atoms with Crippen LogP contribution in [0.15, 0.2) is 47.0 Å². The second kappa shape index (κ2) is 6.72. The third kappa shape index (κ3) is 3.36. The zero-order valence-corrected chi connectivity index (χ0v) is 14.8. The Kier molecular flexibility index (Phi) is 4.26. The van der Waals surface area contributed by atoms with Crippen molar-refractivity contribution in [3.05, 3.63) is 58.8 Å². The zero-order valence-electron chi connectivity index (χ0n) is 14.0. The molecule has 1 aliphatic heterocycles. The normalized spacial score (nSPS) is 12.9. The number of aromatic nitrogens is 1. The summed E-state index contributed by atoms with van der Waals surface area (Å²) in [7, 11) is 0. The number of nitrogens with one attached hydrogen (secondary N) is 2. The van der Waals surface area contributed by atoms with Crippen molar-refractivity contribution in [1.29, 1.82) is 0 Å². The second-order valence-corrected chi connectivity index (χ2v) is 6.47. The van der Waals surface area contributed by atoms with Crippen LogP contribution < -0.4 is 15.4 Å². The minimum atomic E-state index is -0.195. The molecule has 0 fully saturated rings. The quantitative estimate of drug-likeness (QED) is 0.719. The molecule has 0 atom stereocenters. The molecule has 3 aromatic rings. The molecule has 0 spiro atoms. The molecule has 1 aliphatic rings. The lowest BCUT2D eigenvalue weighted by Crippen LogP contribution is -2.25. The summed E-state index contributed by atoms with van der Waals surface area (Å²) in [6.45, 7) is 2.46. The summed E-state index contributed by atoms with van der Waals surface area (Å²) >= 11 is 6.28. The average Bonchev–Trinajstić information content (AvgIpc) is 3.09. The van der Waals surface area contributed by atoms with E-state index in [1.54, 1.807) is 12.1 Å². The van der Waals surface area contributed by atoms with Crippen LogP contribution in [0.4, 0.5) is 11.4 Å². The molecule has 2 N–H and O–H groups in total. The minimum Gasteiger partial charge on any atom is -0.482 e. The van der Waals surface area contributed by atoms with Crippen molar-refractivity contribution < 1.29 is 14.1 Å². The first kappa shape index (κ1) is 16.5. The van der Waals surface area contributed by atoms with Gasteiger partial charge in [-0.05, 0) is 13.0 Å². The number of carbonyl (C=O) groups is 1. The van der Waals surface area contributed by atoms with Gasteiger partial charge in [0.05, 0.1) is 22.9 Å². The molecule has 2 aromatic carbocycles. The van der Waals surface area contributed by atoms with Crippen molar-refractivity contribution in [2.75, 3.05) is 17.2 Å². The fourth-order valence-electron chi connectivity index (χ4n) is 2.67. The van der Waals surface area contributed by atoms with Gasteiger partial charge in [-0.2, -0.15) is 0 Å². The number of hydrogen-bond acceptors (Lipinski definition) is 5. The Hall–Kier alpha value is -2.99. The van der Waals surface area contributed by atoms with E-state index in [0.717, 1.165) is 11.3 Å². The van der Waals surface area contributed by atoms with Gasteiger partial charge in [0.15, 0.2) is 12.4 Å². The first-order chi connectivity index (χ1) is 12.6. The maximum atomic E-state index is 11.4. The molecule has 4 rings (SSSR count). The maximum Gasteiger partial charge on any atom is 0.262 e. The number of amides is 1. The number of halogens is 1. The van der Waals surface area contributed by atoms with Crippen molar-refractivity contribution in [3.63, 3.8) is 0 Å². The molecular weight excluding hydrogens is 354 g/mol. The van der Waals surface area contributed by atoms with Crippen molar-refractivity contribution in [2.45, 2.75) is 13.5 Å². The van der Waals surface area contributed by atoms with Crippen molar-refractivity contribution >= 4 is 28.9 Å². The number of hydrogen-bond donors (Lipinski definition) is 2. The summed E-state index contributed by atoms with van der Waals surface area (Å²) in [5, 5.41) is 10.5. The fraction of sp³-hybridized carbons (Fsp3) is 0.158. The van der Waals surface area contributed by atoms with Crippen LogP contribution >= 0.6 is 11.6 Å². The SMILES string of the molecule is Cc1ccc(-c2cc(CNc3cc4c(cc3Cl)NC(=O)CO4)on2)cc1. The van der Waals surface area contributed by atoms with Crippen LogP contribution in [0.2, 0.25) is 5.02 Å². The molecule has 1 amide bonds. The molecule has 0 bridgehead atoms. The Labute approximate surface area is 155 Å². The molecule has 1 aromatic heterocycles. The highest BCUT2D eigenvalue weighted by Crippen LogP contribution is 2.36. The van der Waals surface area contributed by atoms with Gasteiger partial charge in [-0.1, -0.05) is 46.6 Å². The van der Waals surface area contributed by atoms with E-state index in [0.29, 0.717) is 34.5 Å². The molecule has 2 heterocycles. The van der Waals surface area contributed by atoms with E-state index >= 15 is 0 Å². The number of rotatable bonds is 4. The number of fused-ring (bicyclic) bond motifs is 1. The molecule has 26 heavy (non-hydrogen) atoms. The first-order valence-corrected chi connectivity index (χ1v) is 8.49. The summed E-state index contributed by atoms with van der Waals surface area (Å²) in [4.78, 5) is 11.4. The van der Waals surface area contributed by atoms with Crippen LogP contribution in [0, 0.1) is 6.92 Å². The van der Waals surface area contributed by atoms with Gasteiger partial charge in [0.1, 0.15) is 11.4 Å². The van der Waals surface area contributed by atoms with Crippen molar-refractivity contribution in [2.24, 2.45) is 0 Å². The highest BCUT2D eigenvalue weighted by Gasteiger charge is 2.18. The monoisotopic (exact) mass is 369 g/mol. The number of nitrogens with zero attached hydrogens (tertiary/aromatic N) is 1. The van der Waals surface area contributed by atoms with E-state index in [1.165, 1.54) is 5.56 Å². The van der Waals surface area contributed by atoms with E-state index in [4.69, 9.17) is 20.9 Å². The Morgan fingerprint density at radius 1 is 1.23 bits per heavy atom. The molecular formula is C19H16ClN3O3. The molecule has 0 unspecified atom stereocenters. The predicted octanol–water partition coefficient (Wildman–Crippen LogP) is 4.25. The van der Waals surface area contributed by atoms with E-state index in [-0.39, 0.29) is 12.5 Å². The summed E-state index contributed by atoms with van der Waals surface area (Å²) in [6.07, 6.45) is 0. The van der Waals surface area contributed by atoms with E-state index < -0.39 is 0 Å². The standard InChI is InChI=1S/C19H16ClN3O3/c1-11-2-4-12(5-3-11)15-6-13(26-23-15)9-21-16-8-18-17(7-14(16)20)22-19(24)10-25-18/h2-8,21H,9-10H2,1H3,(H,22,24). The Morgan fingerprint density at radius 2 is 2.04 bits per heavy atom. The number of aryl methyl sites for hydroxylation is 1. The molecule has 6 nitrogen and oxygen atoms in total. The van der Waals surface area contributed by atoms with Gasteiger partial charge in [-0.15, -0.1) is 0 Å². The lowest BCUT2D eigenvalue weighted by Gasteiger charge is -2.19. The molecule has 7 heteroatoms. The zero-order chi connectivity index (χ0) is 18.1. The highest BCUT2D eigenvalue weighted by molar-refractivity contribution is 6.33. The molecule has 0 radical (unpaired) electrons. The molecule has 132 valence electrons. The molecule has 0 saturated carbocycles. The summed E-state index contributed by atoms with van der Waals surface area (Å²) in [5.41, 5.74) is 4.23. The summed E-state index contributed by atoms with van der Waals surface area (Å²) in [5.74, 6) is 1.07. The minimum absolute atomic E-state index is 0.00388. The van der Waals surface area contributed by atoms with E-state index in [9.17, 15) is 4.79 Å². The van der Waals surface area contributed by atoms with Gasteiger partial charge < -0.3 is 19.9 Å². The first-order valence-electron chi connectivity index (χ1n) is 8.11. The van der Waals surface area contributed by atoms with Crippen LogP contribution in [0.5, 0.6) is 5.75 Å². The van der Waals surface area contributed by atoms with Crippen LogP contribution in [0.3, 0.4) is 0 Å². The predicted molar refractivity (Wildman–Crippen MR) is 99.6 cm³/mol. The summed E-state index contributed by atoms with van der Waals surface area (Å²) < 4.78 is 10.8. The van der Waals surface area contributed by atoms with Gasteiger partial charge in [-0.3, -0.25) is 4.79 Å². The Balaban J connectivity index is 1.48. The third-order valence-corrected chi connectivity index (χ3v) is 4.37. The number of carbonyl (C=O) groups excluding carboxylic acids is 1. The second-order valence-electron chi connectivity index (χ2n) is 6.06. The molecule has 0 saturated heterocycles. The fourth-order valence-corrected chi connectivity index (χ4v) is 2.91. The van der Waals surface area contributed by atoms with Gasteiger partial charge in [0, 0.05) is 17.7 Å². The lowest BCUT2D eigenvalue weighted by molar-refractivity contribution is -0.118. The van der Waals surface area contributed by atoms with Crippen LogP contribution in [0.25, 0.3) is 11.3 Å². The molecule has 0 aliphatic carbocycles. The van der Waals surface area contributed by atoms with Crippen LogP contribution in [0.1, 0.15) is 11.3 Å². The van der Waals surface area contributed by atoms with Gasteiger partial charge in [0.25, 0.3) is 5.91 Å². The number of benzene rings is 2. The van der Waals surface area contributed by atoms with Gasteiger partial charge >= 0.3 is 0 Å². The van der Waals surface area contributed by atoms with E-state index in [2.05, 4.69) is 15.8 Å². The van der Waals surface area contributed by atoms with Crippen LogP contribution in [-0.2, 0) is 11.3 Å². The van der Waals surface area contributed by atoms with Crippen LogP contribution in [-0.4, -0.2) is 17.7 Å². The third-order valence-electron chi connectivity index (χ3n) is 4.06. The average molecular weight is 370 g/mol. The lowest BCUT2D eigenvalue weighted by atomic mass is 10.1. The highest BCUT2D eigenvalue weighted by atomic mass is 35.5.